The van der Waals surface area contributed by atoms with Gasteiger partial charge in [-0.05, 0) is 6.92 Å². The standard InChI is InChI=1S/C8H11N3O2/c1-6-7(5-11(2)10-6)9-4-3-8(12)13/h3-5,9H,1-2H3,(H,12,13)/b4-3+. The molecule has 70 valence electrons. The van der Waals surface area contributed by atoms with Gasteiger partial charge >= 0.3 is 5.97 Å². The van der Waals surface area contributed by atoms with Crippen LogP contribution >= 0.6 is 0 Å². The average Bonchev–Trinajstić information content (AvgIpc) is 2.29. The van der Waals surface area contributed by atoms with E-state index < -0.39 is 5.97 Å². The molecule has 13 heavy (non-hydrogen) atoms. The maximum Gasteiger partial charge on any atom is 0.329 e. The number of carboxylic acids is 1. The molecule has 1 heterocycles. The van der Waals surface area contributed by atoms with Crippen molar-refractivity contribution in [2.24, 2.45) is 7.05 Å². The molecule has 0 spiro atoms. The Labute approximate surface area is 75.7 Å². The first-order valence-electron chi connectivity index (χ1n) is 3.76. The van der Waals surface area contributed by atoms with E-state index in [9.17, 15) is 4.79 Å². The monoisotopic (exact) mass is 181 g/mol. The molecule has 0 saturated heterocycles. The first-order chi connectivity index (χ1) is 6.09. The van der Waals surface area contributed by atoms with Gasteiger partial charge in [-0.3, -0.25) is 4.68 Å². The molecule has 5 nitrogen and oxygen atoms in total. The summed E-state index contributed by atoms with van der Waals surface area (Å²) in [6.07, 6.45) is 4.18. The van der Waals surface area contributed by atoms with Gasteiger partial charge in [-0.25, -0.2) is 4.79 Å². The van der Waals surface area contributed by atoms with Crippen LogP contribution in [0.15, 0.2) is 18.5 Å². The summed E-state index contributed by atoms with van der Waals surface area (Å²) in [5, 5.41) is 15.2. The molecule has 5 heteroatoms. The van der Waals surface area contributed by atoms with Crippen molar-refractivity contribution in [3.05, 3.63) is 24.2 Å². The molecule has 0 aliphatic carbocycles. The largest absolute Gasteiger partial charge is 0.478 e. The number of nitrogens with one attached hydrogen (secondary N) is 1. The fourth-order valence-corrected chi connectivity index (χ4v) is 0.944. The lowest BCUT2D eigenvalue weighted by atomic mass is 10.4. The van der Waals surface area contributed by atoms with Crippen LogP contribution in [-0.4, -0.2) is 20.9 Å². The van der Waals surface area contributed by atoms with E-state index in [2.05, 4.69) is 10.4 Å². The number of carbonyl (C=O) groups is 1. The summed E-state index contributed by atoms with van der Waals surface area (Å²) in [6, 6.07) is 0. The molecule has 0 aliphatic heterocycles. The number of hydrogen-bond acceptors (Lipinski definition) is 3. The van der Waals surface area contributed by atoms with E-state index in [1.54, 1.807) is 17.9 Å². The van der Waals surface area contributed by atoms with Crippen molar-refractivity contribution in [1.29, 1.82) is 0 Å². The van der Waals surface area contributed by atoms with Gasteiger partial charge in [-0.1, -0.05) is 0 Å². The lowest BCUT2D eigenvalue weighted by Gasteiger charge is -1.94. The zero-order chi connectivity index (χ0) is 9.84. The van der Waals surface area contributed by atoms with Crippen LogP contribution in [0.3, 0.4) is 0 Å². The summed E-state index contributed by atoms with van der Waals surface area (Å²) in [5.74, 6) is -0.978. The third kappa shape index (κ3) is 2.62. The average molecular weight is 181 g/mol. The van der Waals surface area contributed by atoms with Gasteiger partial charge < -0.3 is 10.4 Å². The van der Waals surface area contributed by atoms with E-state index in [1.165, 1.54) is 6.20 Å². The Bertz CT molecular complexity index is 341. The van der Waals surface area contributed by atoms with Crippen molar-refractivity contribution >= 4 is 11.7 Å². The summed E-state index contributed by atoms with van der Waals surface area (Å²) in [6.45, 7) is 1.84. The van der Waals surface area contributed by atoms with E-state index in [1.807, 2.05) is 6.92 Å². The van der Waals surface area contributed by atoms with E-state index in [0.29, 0.717) is 0 Å². The SMILES string of the molecule is Cc1nn(C)cc1N/C=C/C(=O)O. The predicted octanol–water partition coefficient (Wildman–Crippen LogP) is 0.739. The van der Waals surface area contributed by atoms with Crippen LogP contribution in [-0.2, 0) is 11.8 Å². The second-order valence-corrected chi connectivity index (χ2v) is 2.62. The minimum absolute atomic E-state index is 0.806. The van der Waals surface area contributed by atoms with E-state index in [4.69, 9.17) is 5.11 Å². The summed E-state index contributed by atoms with van der Waals surface area (Å²) in [7, 11) is 1.80. The Hall–Kier alpha value is -1.78. The molecule has 0 fully saturated rings. The number of aryl methyl sites for hydroxylation is 2. The van der Waals surface area contributed by atoms with Crippen LogP contribution in [0, 0.1) is 6.92 Å². The number of carboxylic acid groups (broad SMARTS) is 1. The molecule has 0 aliphatic rings. The summed E-state index contributed by atoms with van der Waals surface area (Å²) < 4.78 is 1.66. The van der Waals surface area contributed by atoms with Gasteiger partial charge in [-0.15, -0.1) is 0 Å². The van der Waals surface area contributed by atoms with Gasteiger partial charge in [0.2, 0.25) is 0 Å². The quantitative estimate of drug-likeness (QED) is 0.675. The Balaban J connectivity index is 2.64. The molecule has 0 amide bonds. The number of aliphatic carboxylic acids is 1. The van der Waals surface area contributed by atoms with Crippen molar-refractivity contribution in [2.45, 2.75) is 6.92 Å². The zero-order valence-electron chi connectivity index (χ0n) is 7.48. The minimum atomic E-state index is -0.978. The fourth-order valence-electron chi connectivity index (χ4n) is 0.944. The molecule has 1 aromatic rings. The number of aromatic nitrogens is 2. The summed E-state index contributed by atoms with van der Waals surface area (Å²) >= 11 is 0. The van der Waals surface area contributed by atoms with Crippen LogP contribution in [0.5, 0.6) is 0 Å². The maximum absolute atomic E-state index is 10.1. The first-order valence-corrected chi connectivity index (χ1v) is 3.76. The summed E-state index contributed by atoms with van der Waals surface area (Å²) in [4.78, 5) is 10.1. The van der Waals surface area contributed by atoms with E-state index in [-0.39, 0.29) is 0 Å². The van der Waals surface area contributed by atoms with Gasteiger partial charge in [-0.2, -0.15) is 5.10 Å². The minimum Gasteiger partial charge on any atom is -0.478 e. The second kappa shape index (κ2) is 3.75. The molecule has 1 rings (SSSR count). The Kier molecular flexibility index (Phi) is 2.69. The molecule has 0 aromatic carbocycles. The highest BCUT2D eigenvalue weighted by Gasteiger charge is 1.99. The van der Waals surface area contributed by atoms with Crippen molar-refractivity contribution in [2.75, 3.05) is 5.32 Å². The highest BCUT2D eigenvalue weighted by atomic mass is 16.4. The first kappa shape index (κ1) is 9.31. The Morgan fingerprint density at radius 2 is 2.46 bits per heavy atom. The van der Waals surface area contributed by atoms with Crippen LogP contribution in [0.2, 0.25) is 0 Å². The Morgan fingerprint density at radius 1 is 1.77 bits per heavy atom. The highest BCUT2D eigenvalue weighted by Crippen LogP contribution is 2.10. The third-order valence-corrected chi connectivity index (χ3v) is 1.48. The highest BCUT2D eigenvalue weighted by molar-refractivity contribution is 5.80. The number of anilines is 1. The smallest absolute Gasteiger partial charge is 0.329 e. The van der Waals surface area contributed by atoms with Gasteiger partial charge in [0.15, 0.2) is 0 Å². The number of nitrogens with zero attached hydrogens (tertiary/aromatic N) is 2. The molecule has 0 radical (unpaired) electrons. The van der Waals surface area contributed by atoms with Crippen LogP contribution < -0.4 is 5.32 Å². The lowest BCUT2D eigenvalue weighted by molar-refractivity contribution is -0.131. The normalized spacial score (nSPS) is 10.6. The number of hydrogen-bond donors (Lipinski definition) is 2. The van der Waals surface area contributed by atoms with Crippen molar-refractivity contribution < 1.29 is 9.90 Å². The van der Waals surface area contributed by atoms with Crippen LogP contribution in [0.25, 0.3) is 0 Å². The van der Waals surface area contributed by atoms with Gasteiger partial charge in [0.1, 0.15) is 0 Å². The van der Waals surface area contributed by atoms with Gasteiger partial charge in [0.05, 0.1) is 11.4 Å². The molecular formula is C8H11N3O2. The number of rotatable bonds is 3. The fraction of sp³-hybridized carbons (Fsp3) is 0.250. The second-order valence-electron chi connectivity index (χ2n) is 2.62. The molecular weight excluding hydrogens is 170 g/mol. The van der Waals surface area contributed by atoms with Crippen molar-refractivity contribution in [3.63, 3.8) is 0 Å². The molecule has 2 N–H and O–H groups in total. The van der Waals surface area contributed by atoms with E-state index >= 15 is 0 Å². The van der Waals surface area contributed by atoms with Crippen LogP contribution in [0.4, 0.5) is 5.69 Å². The Morgan fingerprint density at radius 3 is 2.92 bits per heavy atom. The predicted molar refractivity (Wildman–Crippen MR) is 48.3 cm³/mol. The topological polar surface area (TPSA) is 67.2 Å². The molecule has 1 aromatic heterocycles. The molecule has 0 atom stereocenters. The van der Waals surface area contributed by atoms with Crippen LogP contribution in [0.1, 0.15) is 5.69 Å². The van der Waals surface area contributed by atoms with Crippen molar-refractivity contribution in [1.82, 2.24) is 9.78 Å². The maximum atomic E-state index is 10.1. The van der Waals surface area contributed by atoms with Gasteiger partial charge in [0, 0.05) is 25.5 Å². The zero-order valence-corrected chi connectivity index (χ0v) is 7.48. The molecule has 0 unspecified atom stereocenters. The summed E-state index contributed by atoms with van der Waals surface area (Å²) in [5.41, 5.74) is 1.64. The van der Waals surface area contributed by atoms with Gasteiger partial charge in [0.25, 0.3) is 0 Å². The van der Waals surface area contributed by atoms with Crippen molar-refractivity contribution in [3.8, 4) is 0 Å². The van der Waals surface area contributed by atoms with E-state index in [0.717, 1.165) is 17.5 Å². The molecule has 0 bridgehead atoms. The third-order valence-electron chi connectivity index (χ3n) is 1.48. The lowest BCUT2D eigenvalue weighted by Crippen LogP contribution is -1.92. The molecule has 0 saturated carbocycles.